The van der Waals surface area contributed by atoms with Crippen molar-refractivity contribution in [3.8, 4) is 0 Å². The quantitative estimate of drug-likeness (QED) is 0.499. The highest BCUT2D eigenvalue weighted by atomic mass is 32.2. The molecule has 0 aliphatic carbocycles. The van der Waals surface area contributed by atoms with Crippen LogP contribution in [0, 0.1) is 0 Å². The summed E-state index contributed by atoms with van der Waals surface area (Å²) in [6, 6.07) is -0.768. The van der Waals surface area contributed by atoms with Crippen LogP contribution < -0.4 is 5.32 Å². The molecule has 6 nitrogen and oxygen atoms in total. The summed E-state index contributed by atoms with van der Waals surface area (Å²) in [4.78, 5) is 3.80. The monoisotopic (exact) mass is 302 g/mol. The predicted octanol–water partition coefficient (Wildman–Crippen LogP) is -0.953. The van der Waals surface area contributed by atoms with E-state index in [2.05, 4.69) is 10.3 Å². The van der Waals surface area contributed by atoms with Gasteiger partial charge in [0.1, 0.15) is 23.7 Å². The summed E-state index contributed by atoms with van der Waals surface area (Å²) in [6.07, 6.45) is -13.1. The molecule has 2 aliphatic heterocycles. The van der Waals surface area contributed by atoms with E-state index in [1.165, 1.54) is 7.05 Å². The molecule has 110 valence electrons. The largest absolute Gasteiger partial charge is 0.417 e. The van der Waals surface area contributed by atoms with Crippen LogP contribution in [0.5, 0.6) is 0 Å². The molecule has 0 aromatic carbocycles. The SMILES string of the molecule is CN=C1N[C@@H]2[C@@H](O)[C@H](O)[C@@H]([C@@H](O)C(F)(F)F)O[C@@H]2S1. The van der Waals surface area contributed by atoms with Gasteiger partial charge in [-0.25, -0.2) is 0 Å². The number of halogens is 3. The Labute approximate surface area is 110 Å². The molecule has 0 amide bonds. The summed E-state index contributed by atoms with van der Waals surface area (Å²) < 4.78 is 42.4. The van der Waals surface area contributed by atoms with Crippen molar-refractivity contribution >= 4 is 16.9 Å². The molecule has 6 atom stereocenters. The van der Waals surface area contributed by atoms with Crippen LogP contribution in [0.4, 0.5) is 13.2 Å². The average Bonchev–Trinajstić information content (AvgIpc) is 2.75. The number of fused-ring (bicyclic) bond motifs is 1. The molecule has 2 fully saturated rings. The van der Waals surface area contributed by atoms with Gasteiger partial charge < -0.3 is 25.4 Å². The van der Waals surface area contributed by atoms with Gasteiger partial charge in [-0.3, -0.25) is 4.99 Å². The second-order valence-corrected chi connectivity index (χ2v) is 5.34. The molecule has 2 heterocycles. The molecule has 0 aromatic rings. The van der Waals surface area contributed by atoms with Gasteiger partial charge in [0.2, 0.25) is 0 Å². The van der Waals surface area contributed by atoms with Crippen molar-refractivity contribution in [2.45, 2.75) is 42.1 Å². The van der Waals surface area contributed by atoms with E-state index in [1.54, 1.807) is 0 Å². The first-order valence-electron chi connectivity index (χ1n) is 5.42. The number of hydrogen-bond acceptors (Lipinski definition) is 6. The Kier molecular flexibility index (Phi) is 3.98. The maximum Gasteiger partial charge on any atom is 0.417 e. The molecular weight excluding hydrogens is 289 g/mol. The molecule has 19 heavy (non-hydrogen) atoms. The summed E-state index contributed by atoms with van der Waals surface area (Å²) in [5.74, 6) is 0. The first-order chi connectivity index (χ1) is 8.75. The second kappa shape index (κ2) is 5.09. The van der Waals surface area contributed by atoms with Gasteiger partial charge in [0.25, 0.3) is 0 Å². The summed E-state index contributed by atoms with van der Waals surface area (Å²) in [7, 11) is 1.47. The zero-order chi connectivity index (χ0) is 14.4. The summed E-state index contributed by atoms with van der Waals surface area (Å²) in [6.45, 7) is 0. The van der Waals surface area contributed by atoms with Gasteiger partial charge in [-0.1, -0.05) is 11.8 Å². The third-order valence-electron chi connectivity index (χ3n) is 3.01. The van der Waals surface area contributed by atoms with Crippen LogP contribution >= 0.6 is 11.8 Å². The Hall–Kier alpha value is -0.550. The van der Waals surface area contributed by atoms with Crippen molar-refractivity contribution in [2.75, 3.05) is 7.05 Å². The third-order valence-corrected chi connectivity index (χ3v) is 4.17. The van der Waals surface area contributed by atoms with E-state index >= 15 is 0 Å². The molecule has 2 aliphatic rings. The lowest BCUT2D eigenvalue weighted by molar-refractivity contribution is -0.272. The molecule has 2 saturated heterocycles. The summed E-state index contributed by atoms with van der Waals surface area (Å²) in [5, 5.41) is 31.7. The molecule has 0 saturated carbocycles. The molecule has 10 heteroatoms. The first kappa shape index (κ1) is 14.9. The van der Waals surface area contributed by atoms with Gasteiger partial charge in [-0.2, -0.15) is 13.2 Å². The highest BCUT2D eigenvalue weighted by Crippen LogP contribution is 2.37. The smallest absolute Gasteiger partial charge is 0.388 e. The standard InChI is InChI=1S/C9H13F3N2O4S/c1-13-8-14-2-3(15)4(16)5(18-7(2)19-8)6(17)9(10,11)12/h2-7,15-17H,1H3,(H,13,14)/t2-,3-,4+,5+,6-,7-/m1/s1. The lowest BCUT2D eigenvalue weighted by Crippen LogP contribution is -2.63. The molecule has 0 bridgehead atoms. The fourth-order valence-corrected chi connectivity index (χ4v) is 3.08. The molecule has 2 rings (SSSR count). The highest BCUT2D eigenvalue weighted by Gasteiger charge is 2.56. The van der Waals surface area contributed by atoms with Crippen LogP contribution in [0.15, 0.2) is 4.99 Å². The number of thioether (sulfide) groups is 1. The van der Waals surface area contributed by atoms with E-state index in [-0.39, 0.29) is 0 Å². The van der Waals surface area contributed by atoms with Crippen molar-refractivity contribution in [1.29, 1.82) is 0 Å². The Morgan fingerprint density at radius 2 is 2.00 bits per heavy atom. The van der Waals surface area contributed by atoms with Crippen LogP contribution in [0.1, 0.15) is 0 Å². The number of nitrogens with zero attached hydrogens (tertiary/aromatic N) is 1. The third kappa shape index (κ3) is 2.68. The number of nitrogens with one attached hydrogen (secondary N) is 1. The molecular formula is C9H13F3N2O4S. The molecule has 0 radical (unpaired) electrons. The average molecular weight is 302 g/mol. The van der Waals surface area contributed by atoms with E-state index in [4.69, 9.17) is 9.84 Å². The number of rotatable bonds is 1. The lowest BCUT2D eigenvalue weighted by atomic mass is 9.94. The number of aliphatic hydroxyl groups is 3. The first-order valence-corrected chi connectivity index (χ1v) is 6.30. The van der Waals surface area contributed by atoms with Crippen LogP contribution in [-0.2, 0) is 4.74 Å². The zero-order valence-electron chi connectivity index (χ0n) is 9.70. The second-order valence-electron chi connectivity index (χ2n) is 4.25. The Balaban J connectivity index is 2.17. The number of aliphatic imine (C=N–C) groups is 1. The number of ether oxygens (including phenoxy) is 1. The van der Waals surface area contributed by atoms with E-state index in [9.17, 15) is 23.4 Å². The van der Waals surface area contributed by atoms with Gasteiger partial charge >= 0.3 is 6.18 Å². The van der Waals surface area contributed by atoms with Crippen LogP contribution in [0.25, 0.3) is 0 Å². The molecule has 0 aromatic heterocycles. The van der Waals surface area contributed by atoms with Gasteiger partial charge in [0, 0.05) is 7.05 Å². The van der Waals surface area contributed by atoms with Crippen molar-refractivity contribution in [1.82, 2.24) is 5.32 Å². The Morgan fingerprint density at radius 3 is 2.53 bits per heavy atom. The number of amidine groups is 1. The molecule has 0 spiro atoms. The van der Waals surface area contributed by atoms with Gasteiger partial charge in [-0.15, -0.1) is 0 Å². The molecule has 4 N–H and O–H groups in total. The van der Waals surface area contributed by atoms with Gasteiger partial charge in [0.15, 0.2) is 11.3 Å². The van der Waals surface area contributed by atoms with Crippen LogP contribution in [0.3, 0.4) is 0 Å². The predicted molar refractivity (Wildman–Crippen MR) is 60.6 cm³/mol. The number of hydrogen-bond donors (Lipinski definition) is 4. The van der Waals surface area contributed by atoms with Crippen molar-refractivity contribution in [3.63, 3.8) is 0 Å². The number of alkyl halides is 3. The Morgan fingerprint density at radius 1 is 1.37 bits per heavy atom. The fraction of sp³-hybridized carbons (Fsp3) is 0.889. The molecule has 0 unspecified atom stereocenters. The Bertz CT molecular complexity index is 381. The maximum absolute atomic E-state index is 12.5. The summed E-state index contributed by atoms with van der Waals surface area (Å²) >= 11 is 0.999. The number of aliphatic hydroxyl groups excluding tert-OH is 3. The van der Waals surface area contributed by atoms with Crippen molar-refractivity contribution in [2.24, 2.45) is 4.99 Å². The van der Waals surface area contributed by atoms with Crippen molar-refractivity contribution in [3.05, 3.63) is 0 Å². The van der Waals surface area contributed by atoms with Crippen LogP contribution in [-0.4, -0.2) is 69.6 Å². The summed E-state index contributed by atoms with van der Waals surface area (Å²) in [5.41, 5.74) is -0.848. The van der Waals surface area contributed by atoms with Crippen LogP contribution in [0.2, 0.25) is 0 Å². The maximum atomic E-state index is 12.5. The fourth-order valence-electron chi connectivity index (χ4n) is 1.99. The lowest BCUT2D eigenvalue weighted by Gasteiger charge is -2.40. The van der Waals surface area contributed by atoms with Gasteiger partial charge in [-0.05, 0) is 0 Å². The van der Waals surface area contributed by atoms with E-state index < -0.39 is 42.1 Å². The van der Waals surface area contributed by atoms with Crippen molar-refractivity contribution < 1.29 is 33.2 Å². The minimum Gasteiger partial charge on any atom is -0.388 e. The van der Waals surface area contributed by atoms with E-state index in [0.717, 1.165) is 11.8 Å². The minimum atomic E-state index is -4.93. The highest BCUT2D eigenvalue weighted by molar-refractivity contribution is 8.14. The van der Waals surface area contributed by atoms with Gasteiger partial charge in [0.05, 0.1) is 6.04 Å². The zero-order valence-corrected chi connectivity index (χ0v) is 10.5. The van der Waals surface area contributed by atoms with E-state index in [0.29, 0.717) is 5.17 Å². The normalized spacial score (nSPS) is 42.9. The minimum absolute atomic E-state index is 0.392. The van der Waals surface area contributed by atoms with E-state index in [1.807, 2.05) is 0 Å². The topological polar surface area (TPSA) is 94.3 Å².